The molecule has 1 saturated carbocycles. The van der Waals surface area contributed by atoms with Crippen LogP contribution in [-0.4, -0.2) is 52.7 Å². The lowest BCUT2D eigenvalue weighted by Crippen LogP contribution is -2.34. The lowest BCUT2D eigenvalue weighted by atomic mass is 9.82. The summed E-state index contributed by atoms with van der Waals surface area (Å²) in [5.41, 5.74) is 5.60. The SMILES string of the molecule is COc1ccc([C@@H](CCCN(CCCc2ccc3c(n2)CCCC32CC2)C(=O)OCc2ccccc2)CC(=O)OC(C)(C)C)cn1. The van der Waals surface area contributed by atoms with Gasteiger partial charge in [-0.3, -0.25) is 9.78 Å². The van der Waals surface area contributed by atoms with Crippen LogP contribution in [0.15, 0.2) is 60.8 Å². The molecule has 246 valence electrons. The van der Waals surface area contributed by atoms with Gasteiger partial charge in [0.1, 0.15) is 12.2 Å². The Labute approximate surface area is 273 Å². The summed E-state index contributed by atoms with van der Waals surface area (Å²) in [5.74, 6) is 0.162. The molecule has 0 saturated heterocycles. The normalized spacial score (nSPS) is 15.5. The van der Waals surface area contributed by atoms with E-state index in [1.165, 1.54) is 36.9 Å². The Morgan fingerprint density at radius 2 is 1.76 bits per heavy atom. The summed E-state index contributed by atoms with van der Waals surface area (Å²) in [7, 11) is 1.58. The Morgan fingerprint density at radius 1 is 0.978 bits per heavy atom. The van der Waals surface area contributed by atoms with Crippen molar-refractivity contribution in [3.63, 3.8) is 0 Å². The first-order valence-electron chi connectivity index (χ1n) is 16.8. The van der Waals surface area contributed by atoms with Crippen molar-refractivity contribution in [1.29, 1.82) is 0 Å². The number of rotatable bonds is 14. The fourth-order valence-electron chi connectivity index (χ4n) is 6.57. The van der Waals surface area contributed by atoms with E-state index in [1.807, 2.05) is 63.2 Å². The molecule has 8 nitrogen and oxygen atoms in total. The van der Waals surface area contributed by atoms with Crippen molar-refractivity contribution < 1.29 is 23.8 Å². The average molecular weight is 628 g/mol. The number of methoxy groups -OCH3 is 1. The summed E-state index contributed by atoms with van der Waals surface area (Å²) in [6, 6.07) is 18.0. The highest BCUT2D eigenvalue weighted by molar-refractivity contribution is 5.71. The monoisotopic (exact) mass is 627 g/mol. The highest BCUT2D eigenvalue weighted by Crippen LogP contribution is 2.55. The number of aromatic nitrogens is 2. The number of nitrogens with zero attached hydrogens (tertiary/aromatic N) is 3. The summed E-state index contributed by atoms with van der Waals surface area (Å²) in [5, 5.41) is 0. The molecule has 5 rings (SSSR count). The minimum absolute atomic E-state index is 0.107. The maximum Gasteiger partial charge on any atom is 0.410 e. The van der Waals surface area contributed by atoms with Crippen LogP contribution < -0.4 is 4.74 Å². The number of esters is 1. The third-order valence-electron chi connectivity index (χ3n) is 9.10. The van der Waals surface area contributed by atoms with Crippen molar-refractivity contribution >= 4 is 12.1 Å². The van der Waals surface area contributed by atoms with Gasteiger partial charge in [0.25, 0.3) is 0 Å². The van der Waals surface area contributed by atoms with Gasteiger partial charge in [-0.05, 0) is 113 Å². The minimum atomic E-state index is -0.564. The number of carbonyl (C=O) groups excluding carboxylic acids is 2. The molecule has 0 bridgehead atoms. The van der Waals surface area contributed by atoms with E-state index < -0.39 is 5.60 Å². The molecule has 0 unspecified atom stereocenters. The highest BCUT2D eigenvalue weighted by atomic mass is 16.6. The number of ether oxygens (including phenoxy) is 3. The van der Waals surface area contributed by atoms with Crippen LogP contribution in [-0.2, 0) is 39.1 Å². The number of aryl methyl sites for hydroxylation is 2. The van der Waals surface area contributed by atoms with Crippen LogP contribution in [0.25, 0.3) is 0 Å². The van der Waals surface area contributed by atoms with Crippen LogP contribution >= 0.6 is 0 Å². The van der Waals surface area contributed by atoms with Gasteiger partial charge < -0.3 is 19.1 Å². The summed E-state index contributed by atoms with van der Waals surface area (Å²) >= 11 is 0. The van der Waals surface area contributed by atoms with Crippen LogP contribution in [0, 0.1) is 0 Å². The molecular weight excluding hydrogens is 578 g/mol. The van der Waals surface area contributed by atoms with Crippen LogP contribution in [0.1, 0.15) is 106 Å². The first kappa shape index (κ1) is 33.4. The number of fused-ring (bicyclic) bond motifs is 2. The van der Waals surface area contributed by atoms with Crippen LogP contribution in [0.3, 0.4) is 0 Å². The van der Waals surface area contributed by atoms with E-state index in [0.29, 0.717) is 37.2 Å². The predicted octanol–water partition coefficient (Wildman–Crippen LogP) is 7.72. The Bertz CT molecular complexity index is 1450. The molecule has 2 aliphatic carbocycles. The molecule has 46 heavy (non-hydrogen) atoms. The van der Waals surface area contributed by atoms with Gasteiger partial charge in [0.05, 0.1) is 13.5 Å². The highest BCUT2D eigenvalue weighted by Gasteiger charge is 2.47. The quantitative estimate of drug-likeness (QED) is 0.169. The topological polar surface area (TPSA) is 90.8 Å². The Hall–Kier alpha value is -3.94. The predicted molar refractivity (Wildman–Crippen MR) is 178 cm³/mol. The zero-order chi connectivity index (χ0) is 32.6. The average Bonchev–Trinajstić information content (AvgIpc) is 3.81. The van der Waals surface area contributed by atoms with Crippen molar-refractivity contribution in [2.75, 3.05) is 20.2 Å². The Morgan fingerprint density at radius 3 is 2.46 bits per heavy atom. The fraction of sp³-hybridized carbons (Fsp3) is 0.526. The van der Waals surface area contributed by atoms with Crippen molar-refractivity contribution in [1.82, 2.24) is 14.9 Å². The first-order valence-corrected chi connectivity index (χ1v) is 16.8. The van der Waals surface area contributed by atoms with Crippen LogP contribution in [0.5, 0.6) is 5.88 Å². The van der Waals surface area contributed by atoms with Gasteiger partial charge in [-0.15, -0.1) is 0 Å². The third-order valence-corrected chi connectivity index (χ3v) is 9.10. The Kier molecular flexibility index (Phi) is 11.0. The largest absolute Gasteiger partial charge is 0.481 e. The molecule has 2 aliphatic rings. The van der Waals surface area contributed by atoms with Gasteiger partial charge >= 0.3 is 12.1 Å². The van der Waals surface area contributed by atoms with Crippen LogP contribution in [0.4, 0.5) is 4.79 Å². The summed E-state index contributed by atoms with van der Waals surface area (Å²) in [4.78, 5) is 37.4. The Balaban J connectivity index is 1.22. The summed E-state index contributed by atoms with van der Waals surface area (Å²) in [6.45, 7) is 6.92. The molecule has 8 heteroatoms. The van der Waals surface area contributed by atoms with Gasteiger partial charge in [0.15, 0.2) is 0 Å². The second-order valence-electron chi connectivity index (χ2n) is 13.8. The van der Waals surface area contributed by atoms with Crippen molar-refractivity contribution in [3.8, 4) is 5.88 Å². The molecular formula is C38H49N3O5. The molecule has 0 radical (unpaired) electrons. The molecule has 1 aromatic carbocycles. The molecule has 1 fully saturated rings. The molecule has 3 aromatic rings. The van der Waals surface area contributed by atoms with Gasteiger partial charge in [-0.2, -0.15) is 0 Å². The number of pyridine rings is 2. The van der Waals surface area contributed by atoms with E-state index in [2.05, 4.69) is 17.1 Å². The van der Waals surface area contributed by atoms with Gasteiger partial charge in [0.2, 0.25) is 5.88 Å². The number of hydrogen-bond acceptors (Lipinski definition) is 7. The maximum absolute atomic E-state index is 13.4. The molecule has 2 heterocycles. The molecule has 1 spiro atoms. The number of hydrogen-bond donors (Lipinski definition) is 0. The summed E-state index contributed by atoms with van der Waals surface area (Å²) in [6.07, 6.45) is 10.8. The molecule has 0 N–H and O–H groups in total. The zero-order valence-electron chi connectivity index (χ0n) is 27.9. The smallest absolute Gasteiger partial charge is 0.410 e. The summed E-state index contributed by atoms with van der Waals surface area (Å²) < 4.78 is 16.6. The van der Waals surface area contributed by atoms with Crippen molar-refractivity contribution in [2.45, 2.75) is 109 Å². The van der Waals surface area contributed by atoms with E-state index >= 15 is 0 Å². The zero-order valence-corrected chi connectivity index (χ0v) is 27.9. The van der Waals surface area contributed by atoms with E-state index in [0.717, 1.165) is 36.1 Å². The van der Waals surface area contributed by atoms with Crippen LogP contribution in [0.2, 0.25) is 0 Å². The molecule has 1 atom stereocenters. The number of benzene rings is 1. The van der Waals surface area contributed by atoms with E-state index in [9.17, 15) is 9.59 Å². The third kappa shape index (κ3) is 9.30. The molecule has 2 aromatic heterocycles. The second kappa shape index (κ2) is 15.1. The molecule has 0 aliphatic heterocycles. The first-order chi connectivity index (χ1) is 22.1. The van der Waals surface area contributed by atoms with Crippen molar-refractivity contribution in [3.05, 3.63) is 88.9 Å². The lowest BCUT2D eigenvalue weighted by molar-refractivity contribution is -0.155. The molecule has 1 amide bonds. The second-order valence-corrected chi connectivity index (χ2v) is 13.8. The van der Waals surface area contributed by atoms with Gasteiger partial charge in [0, 0.05) is 36.7 Å². The number of amides is 1. The minimum Gasteiger partial charge on any atom is -0.481 e. The van der Waals surface area contributed by atoms with Crippen molar-refractivity contribution in [2.24, 2.45) is 0 Å². The van der Waals surface area contributed by atoms with Gasteiger partial charge in [-0.25, -0.2) is 9.78 Å². The maximum atomic E-state index is 13.4. The number of carbonyl (C=O) groups is 2. The standard InChI is InChI=1S/C38H49N3O5/c1-37(2,3)46-35(42)25-29(30-16-19-34(44-4)39-26-30)13-9-23-41(36(43)45-27-28-11-6-5-7-12-28)24-10-14-31-17-18-32-33(40-31)15-8-20-38(32)21-22-38/h5-7,11-12,16-19,26,29H,8-10,13-15,20-25,27H2,1-4H3/t29-/m0/s1. The van der Waals surface area contributed by atoms with E-state index in [-0.39, 0.29) is 31.0 Å². The fourth-order valence-corrected chi connectivity index (χ4v) is 6.57. The van der Waals surface area contributed by atoms with Gasteiger partial charge in [-0.1, -0.05) is 42.5 Å². The van der Waals surface area contributed by atoms with E-state index in [4.69, 9.17) is 19.2 Å². The van der Waals surface area contributed by atoms with E-state index in [1.54, 1.807) is 18.2 Å². The lowest BCUT2D eigenvalue weighted by Gasteiger charge is -2.25.